The van der Waals surface area contributed by atoms with Crippen LogP contribution in [0.4, 0.5) is 0 Å². The molecule has 0 saturated carbocycles. The van der Waals surface area contributed by atoms with Crippen LogP contribution in [-0.4, -0.2) is 52.8 Å². The minimum Gasteiger partial charge on any atom is -0.481 e. The molecule has 32 heavy (non-hydrogen) atoms. The molecule has 0 aliphatic heterocycles. The average Bonchev–Trinajstić information content (AvgIpc) is 2.73. The summed E-state index contributed by atoms with van der Waals surface area (Å²) in [5.74, 6) is -0.833. The normalized spacial score (nSPS) is 11.5. The highest BCUT2D eigenvalue weighted by molar-refractivity contribution is 5.62. The summed E-state index contributed by atoms with van der Waals surface area (Å²) in [6.07, 6.45) is 24.1. The van der Waals surface area contributed by atoms with Crippen molar-refractivity contribution in [3.63, 3.8) is 0 Å². The summed E-state index contributed by atoms with van der Waals surface area (Å²) >= 11 is 0. The predicted octanol–water partition coefficient (Wildman–Crippen LogP) is 5.19. The lowest BCUT2D eigenvalue weighted by Crippen LogP contribution is -2.25. The van der Waals surface area contributed by atoms with Crippen molar-refractivity contribution in [3.05, 3.63) is 12.2 Å². The van der Waals surface area contributed by atoms with E-state index in [1.54, 1.807) is 0 Å². The Bertz CT molecular complexity index is 394. The number of nitrogens with two attached hydrogens (primary N) is 1. The molecule has 0 fully saturated rings. The third kappa shape index (κ3) is 25.3. The molecule has 0 spiro atoms. The van der Waals surface area contributed by atoms with E-state index in [9.17, 15) is 15.3 Å². The number of unbranched alkanes of at least 4 members (excludes halogenated alkanes) is 11. The number of aliphatic carboxylic acids is 1. The van der Waals surface area contributed by atoms with Gasteiger partial charge in [-0.3, -0.25) is 4.79 Å². The van der Waals surface area contributed by atoms with Crippen molar-refractivity contribution in [2.45, 2.75) is 116 Å². The Kier molecular flexibility index (Phi) is 27.3. The Morgan fingerprint density at radius 3 is 1.38 bits per heavy atom. The topological polar surface area (TPSA) is 124 Å². The molecule has 6 heteroatoms. The van der Waals surface area contributed by atoms with E-state index in [1.807, 2.05) is 0 Å². The minimum absolute atomic E-state index is 0.0780. The van der Waals surface area contributed by atoms with E-state index < -0.39 is 5.97 Å². The first-order valence-electron chi connectivity index (χ1n) is 12.8. The molecule has 0 rings (SSSR count). The molecule has 0 saturated heterocycles. The number of aliphatic hydroxyl groups excluding tert-OH is 3. The van der Waals surface area contributed by atoms with Crippen molar-refractivity contribution < 1.29 is 25.2 Å². The van der Waals surface area contributed by atoms with E-state index in [0.29, 0.717) is 19.3 Å². The van der Waals surface area contributed by atoms with Crippen molar-refractivity contribution in [2.24, 2.45) is 11.1 Å². The molecule has 192 valence electrons. The van der Waals surface area contributed by atoms with Crippen molar-refractivity contribution in [1.29, 1.82) is 0 Å². The van der Waals surface area contributed by atoms with E-state index in [1.165, 1.54) is 77.0 Å². The first-order chi connectivity index (χ1) is 15.5. The van der Waals surface area contributed by atoms with Gasteiger partial charge in [0.25, 0.3) is 5.97 Å². The quantitative estimate of drug-likeness (QED) is 0.112. The summed E-state index contributed by atoms with van der Waals surface area (Å²) in [6, 6.07) is 0. The van der Waals surface area contributed by atoms with Crippen LogP contribution in [0.25, 0.3) is 0 Å². The van der Waals surface area contributed by atoms with Crippen LogP contribution < -0.4 is 5.73 Å². The molecule has 0 atom stereocenters. The van der Waals surface area contributed by atoms with E-state index in [0.717, 1.165) is 26.3 Å². The van der Waals surface area contributed by atoms with Gasteiger partial charge in [-0.25, -0.2) is 0 Å². The van der Waals surface area contributed by atoms with Gasteiger partial charge < -0.3 is 26.2 Å². The zero-order valence-corrected chi connectivity index (χ0v) is 20.8. The number of carboxylic acid groups (broad SMARTS) is 1. The number of carbonyl (C=O) groups is 1. The summed E-state index contributed by atoms with van der Waals surface area (Å²) < 4.78 is 0. The molecule has 0 amide bonds. The van der Waals surface area contributed by atoms with Crippen molar-refractivity contribution >= 4 is 5.97 Å². The monoisotopic (exact) mass is 459 g/mol. The second kappa shape index (κ2) is 26.3. The van der Waals surface area contributed by atoms with E-state index in [2.05, 4.69) is 12.2 Å². The molecule has 0 aliphatic carbocycles. The largest absolute Gasteiger partial charge is 0.481 e. The number of allylic oxidation sites excluding steroid dienone is 2. The molecule has 0 aromatic rings. The Balaban J connectivity index is 0. The first kappa shape index (κ1) is 33.2. The Morgan fingerprint density at radius 2 is 1.00 bits per heavy atom. The highest BCUT2D eigenvalue weighted by Crippen LogP contribution is 2.36. The van der Waals surface area contributed by atoms with Crippen LogP contribution in [-0.2, 0) is 4.79 Å². The Labute approximate surface area is 197 Å². The molecule has 6 N–H and O–H groups in total. The number of carboxylic acids is 1. The fourth-order valence-corrected chi connectivity index (χ4v) is 4.10. The van der Waals surface area contributed by atoms with Crippen molar-refractivity contribution in [1.82, 2.24) is 0 Å². The van der Waals surface area contributed by atoms with Gasteiger partial charge in [-0.1, -0.05) is 63.5 Å². The molecule has 0 aromatic heterocycles. The van der Waals surface area contributed by atoms with Gasteiger partial charge in [-0.2, -0.15) is 0 Å². The van der Waals surface area contributed by atoms with Gasteiger partial charge in [0.15, 0.2) is 0 Å². The van der Waals surface area contributed by atoms with Gasteiger partial charge in [-0.15, -0.1) is 0 Å². The summed E-state index contributed by atoms with van der Waals surface area (Å²) in [6.45, 7) is 2.34. The summed E-state index contributed by atoms with van der Waals surface area (Å²) in [7, 11) is 0. The molecule has 0 radical (unpaired) electrons. The maximum Gasteiger partial charge on any atom is 0.300 e. The van der Waals surface area contributed by atoms with Crippen LogP contribution >= 0.6 is 0 Å². The van der Waals surface area contributed by atoms with Gasteiger partial charge in [0, 0.05) is 26.7 Å². The summed E-state index contributed by atoms with van der Waals surface area (Å²) in [4.78, 5) is 9.00. The van der Waals surface area contributed by atoms with Gasteiger partial charge in [0.2, 0.25) is 0 Å². The maximum absolute atomic E-state index is 9.32. The highest BCUT2D eigenvalue weighted by atomic mass is 16.4. The highest BCUT2D eigenvalue weighted by Gasteiger charge is 2.27. The molecule has 0 unspecified atom stereocenters. The third-order valence-electron chi connectivity index (χ3n) is 6.00. The summed E-state index contributed by atoms with van der Waals surface area (Å²) in [5, 5.41) is 35.4. The van der Waals surface area contributed by atoms with Crippen LogP contribution in [0.15, 0.2) is 12.2 Å². The van der Waals surface area contributed by atoms with E-state index in [4.69, 9.17) is 15.6 Å². The molecule has 0 aromatic carbocycles. The average molecular weight is 460 g/mol. The smallest absolute Gasteiger partial charge is 0.300 e. The molecule has 6 nitrogen and oxygen atoms in total. The molecular weight excluding hydrogens is 406 g/mol. The lowest BCUT2D eigenvalue weighted by Gasteiger charge is -2.32. The second-order valence-electron chi connectivity index (χ2n) is 8.92. The zero-order chi connectivity index (χ0) is 24.3. The molecule has 0 bridgehead atoms. The van der Waals surface area contributed by atoms with Gasteiger partial charge in [-0.05, 0) is 69.7 Å². The Morgan fingerprint density at radius 1 is 0.656 bits per heavy atom. The fraction of sp³-hybridized carbons (Fsp3) is 0.885. The maximum atomic E-state index is 9.32. The number of aliphatic hydroxyl groups is 3. The van der Waals surface area contributed by atoms with Gasteiger partial charge in [0.1, 0.15) is 0 Å². The second-order valence-corrected chi connectivity index (χ2v) is 8.92. The third-order valence-corrected chi connectivity index (χ3v) is 6.00. The Hall–Kier alpha value is -0.950. The SMILES string of the molecule is CC(=O)O.NCCCCCCCCC=CCCCCCCCC(CCO)(CCO)CCO. The zero-order valence-electron chi connectivity index (χ0n) is 20.8. The molecular formula is C26H53NO5. The lowest BCUT2D eigenvalue weighted by molar-refractivity contribution is -0.134. The first-order valence-corrected chi connectivity index (χ1v) is 12.8. The van der Waals surface area contributed by atoms with Crippen LogP contribution in [0.3, 0.4) is 0 Å². The van der Waals surface area contributed by atoms with Crippen molar-refractivity contribution in [2.75, 3.05) is 26.4 Å². The van der Waals surface area contributed by atoms with Crippen molar-refractivity contribution in [3.8, 4) is 0 Å². The number of rotatable bonds is 22. The van der Waals surface area contributed by atoms with Gasteiger partial charge >= 0.3 is 0 Å². The molecule has 0 aliphatic rings. The number of hydrogen-bond acceptors (Lipinski definition) is 5. The van der Waals surface area contributed by atoms with Crippen LogP contribution in [0.5, 0.6) is 0 Å². The lowest BCUT2D eigenvalue weighted by atomic mass is 9.74. The van der Waals surface area contributed by atoms with Crippen LogP contribution in [0.2, 0.25) is 0 Å². The standard InChI is InChI=1S/C24H49NO3.C2H4O2/c25-20-15-13-11-9-7-5-3-1-2-4-6-8-10-12-14-16-24(17-21-26,18-22-27)19-23-28;1-2(3)4/h1-2,26-28H,3-23,25H2;1H3,(H,3,4). The van der Waals surface area contributed by atoms with Gasteiger partial charge in [0.05, 0.1) is 0 Å². The minimum atomic E-state index is -0.833. The predicted molar refractivity (Wildman–Crippen MR) is 134 cm³/mol. The van der Waals surface area contributed by atoms with Crippen LogP contribution in [0, 0.1) is 5.41 Å². The van der Waals surface area contributed by atoms with Crippen LogP contribution in [0.1, 0.15) is 116 Å². The fourth-order valence-electron chi connectivity index (χ4n) is 4.10. The summed E-state index contributed by atoms with van der Waals surface area (Å²) in [5.41, 5.74) is 5.42. The van der Waals surface area contributed by atoms with E-state index >= 15 is 0 Å². The molecule has 0 heterocycles. The number of hydrogen-bond donors (Lipinski definition) is 5. The van der Waals surface area contributed by atoms with E-state index in [-0.39, 0.29) is 25.2 Å².